The Kier molecular flexibility index (Phi) is 8.47. The van der Waals surface area contributed by atoms with Gasteiger partial charge in [0, 0.05) is 45.9 Å². The maximum absolute atomic E-state index is 6.11. The van der Waals surface area contributed by atoms with E-state index in [0.29, 0.717) is 6.61 Å². The molecule has 4 rings (SSSR count). The second-order valence-corrected chi connectivity index (χ2v) is 10.5. The Labute approximate surface area is 205 Å². The van der Waals surface area contributed by atoms with Gasteiger partial charge in [-0.3, -0.25) is 4.68 Å². The first-order valence-electron chi connectivity index (χ1n) is 12.4. The fraction of sp³-hybridized carbons (Fsp3) is 0.407. The number of ether oxygens (including phenoxy) is 1. The van der Waals surface area contributed by atoms with Crippen molar-refractivity contribution in [1.29, 1.82) is 0 Å². The molecule has 0 fully saturated rings. The van der Waals surface area contributed by atoms with Gasteiger partial charge in [0.1, 0.15) is 0 Å². The predicted octanol–water partition coefficient (Wildman–Crippen LogP) is 4.42. The van der Waals surface area contributed by atoms with Gasteiger partial charge in [-0.15, -0.1) is 5.73 Å². The van der Waals surface area contributed by atoms with Crippen LogP contribution >= 0.6 is 0 Å². The largest absolute Gasteiger partial charge is 0.381 e. The number of rotatable bonds is 10. The molecule has 1 unspecified atom stereocenters. The van der Waals surface area contributed by atoms with Gasteiger partial charge in [0.05, 0.1) is 37.1 Å². The standard InChI is InChI=1S/C27H35N5OSi/c1-4-13-31-20-28-27-24(25(31)5-2)12-11-22(19-33-14-15-34-3)26(30-27)23-16-29-32(18-23)17-21-9-7-6-8-10-21/h6-10,16,18,20,22H,2,4,11-15,17,19,34H2,1,3H3. The second-order valence-electron chi connectivity index (χ2n) is 8.84. The Balaban J connectivity index is 1.64. The van der Waals surface area contributed by atoms with Crippen LogP contribution in [0, 0.1) is 5.92 Å². The van der Waals surface area contributed by atoms with Gasteiger partial charge < -0.3 is 9.64 Å². The average Bonchev–Trinajstić information content (AvgIpc) is 3.23. The van der Waals surface area contributed by atoms with E-state index in [1.54, 1.807) is 0 Å². The number of hydrogen-bond acceptors (Lipinski definition) is 5. The van der Waals surface area contributed by atoms with Crippen LogP contribution in [0.15, 0.2) is 82.1 Å². The van der Waals surface area contributed by atoms with Crippen molar-refractivity contribution in [2.75, 3.05) is 19.8 Å². The Bertz CT molecular complexity index is 1110. The second kappa shape index (κ2) is 11.9. The normalized spacial score (nSPS) is 18.3. The lowest BCUT2D eigenvalue weighted by atomic mass is 9.93. The lowest BCUT2D eigenvalue weighted by Gasteiger charge is -2.26. The van der Waals surface area contributed by atoms with E-state index in [2.05, 4.69) is 66.2 Å². The molecule has 0 bridgehead atoms. The summed E-state index contributed by atoms with van der Waals surface area (Å²) in [5.74, 6) is 0.965. The molecule has 1 aromatic heterocycles. The quantitative estimate of drug-likeness (QED) is 0.292. The zero-order valence-electron chi connectivity index (χ0n) is 20.4. The summed E-state index contributed by atoms with van der Waals surface area (Å²) in [7, 11) is 0.0116. The van der Waals surface area contributed by atoms with Gasteiger partial charge in [-0.25, -0.2) is 9.98 Å². The highest BCUT2D eigenvalue weighted by molar-refractivity contribution is 6.33. The van der Waals surface area contributed by atoms with Crippen LogP contribution in [0.5, 0.6) is 0 Å². The summed E-state index contributed by atoms with van der Waals surface area (Å²) in [5.41, 5.74) is 8.57. The van der Waals surface area contributed by atoms with E-state index in [1.807, 2.05) is 23.3 Å². The van der Waals surface area contributed by atoms with E-state index >= 15 is 0 Å². The predicted molar refractivity (Wildman–Crippen MR) is 142 cm³/mol. The maximum Gasteiger partial charge on any atom is 0.159 e. The average molecular weight is 474 g/mol. The first-order chi connectivity index (χ1) is 16.7. The van der Waals surface area contributed by atoms with Gasteiger partial charge in [0.2, 0.25) is 0 Å². The minimum Gasteiger partial charge on any atom is -0.381 e. The summed E-state index contributed by atoms with van der Waals surface area (Å²) in [4.78, 5) is 12.0. The molecule has 0 radical (unpaired) electrons. The summed E-state index contributed by atoms with van der Waals surface area (Å²) >= 11 is 0. The van der Waals surface area contributed by atoms with E-state index in [1.165, 1.54) is 11.6 Å². The molecule has 7 heteroatoms. The van der Waals surface area contributed by atoms with Gasteiger partial charge in [0.15, 0.2) is 5.82 Å². The molecule has 0 saturated heterocycles. The Hall–Kier alpha value is -2.99. The molecule has 178 valence electrons. The lowest BCUT2D eigenvalue weighted by Crippen LogP contribution is -2.26. The number of nitrogens with zero attached hydrogens (tertiary/aromatic N) is 5. The first kappa shape index (κ1) is 24.1. The number of hydrogen-bond donors (Lipinski definition) is 0. The van der Waals surface area contributed by atoms with Crippen LogP contribution in [0.3, 0.4) is 0 Å². The van der Waals surface area contributed by atoms with Gasteiger partial charge in [-0.1, -0.05) is 50.4 Å². The van der Waals surface area contributed by atoms with Crippen molar-refractivity contribution in [1.82, 2.24) is 14.7 Å². The van der Waals surface area contributed by atoms with Crippen molar-refractivity contribution in [2.45, 2.75) is 45.3 Å². The SMILES string of the molecule is C=C=C1C2=C(N=CN1CCC)N=C(c1cnn(Cc3ccccc3)c1)C(COCC[SiH2]C)CC2. The molecule has 0 saturated carbocycles. The smallest absolute Gasteiger partial charge is 0.159 e. The van der Waals surface area contributed by atoms with Crippen LogP contribution in [0.2, 0.25) is 12.6 Å². The Morgan fingerprint density at radius 2 is 2.12 bits per heavy atom. The molecular weight excluding hydrogens is 438 g/mol. The van der Waals surface area contributed by atoms with Crippen LogP contribution in [0.25, 0.3) is 0 Å². The monoisotopic (exact) mass is 473 g/mol. The van der Waals surface area contributed by atoms with Crippen molar-refractivity contribution < 1.29 is 4.74 Å². The number of aliphatic imine (C=N–C) groups is 2. The number of benzene rings is 1. The van der Waals surface area contributed by atoms with Crippen LogP contribution in [0.1, 0.15) is 37.3 Å². The summed E-state index contributed by atoms with van der Waals surface area (Å²) in [6, 6.07) is 11.6. The highest BCUT2D eigenvalue weighted by Crippen LogP contribution is 2.33. The summed E-state index contributed by atoms with van der Waals surface area (Å²) in [6.45, 7) is 11.6. The van der Waals surface area contributed by atoms with E-state index in [9.17, 15) is 0 Å². The third kappa shape index (κ3) is 5.73. The first-order valence-corrected chi connectivity index (χ1v) is 14.8. The van der Waals surface area contributed by atoms with Gasteiger partial charge >= 0.3 is 0 Å². The minimum absolute atomic E-state index is 0.0116. The van der Waals surface area contributed by atoms with Crippen LogP contribution < -0.4 is 0 Å². The topological polar surface area (TPSA) is 55.0 Å². The molecule has 34 heavy (non-hydrogen) atoms. The lowest BCUT2D eigenvalue weighted by molar-refractivity contribution is 0.127. The molecule has 1 aromatic carbocycles. The fourth-order valence-corrected chi connectivity index (χ4v) is 4.93. The molecule has 3 heterocycles. The van der Waals surface area contributed by atoms with E-state index in [4.69, 9.17) is 14.7 Å². The summed E-state index contributed by atoms with van der Waals surface area (Å²) < 4.78 is 8.10. The molecule has 2 aliphatic rings. The van der Waals surface area contributed by atoms with Crippen molar-refractivity contribution in [2.24, 2.45) is 15.9 Å². The molecule has 6 nitrogen and oxygen atoms in total. The molecule has 1 atom stereocenters. The van der Waals surface area contributed by atoms with Gasteiger partial charge in [0.25, 0.3) is 0 Å². The van der Waals surface area contributed by atoms with Gasteiger partial charge in [-0.2, -0.15) is 5.10 Å². The van der Waals surface area contributed by atoms with E-state index in [-0.39, 0.29) is 15.4 Å². The molecule has 0 aliphatic carbocycles. The minimum atomic E-state index is 0.0116. The molecule has 0 amide bonds. The Morgan fingerprint density at radius 3 is 2.88 bits per heavy atom. The highest BCUT2D eigenvalue weighted by Gasteiger charge is 2.29. The zero-order chi connectivity index (χ0) is 23.8. The van der Waals surface area contributed by atoms with Crippen LogP contribution in [0.4, 0.5) is 0 Å². The van der Waals surface area contributed by atoms with Crippen molar-refractivity contribution in [3.05, 3.63) is 83.3 Å². The maximum atomic E-state index is 6.11. The fourth-order valence-electron chi connectivity index (χ4n) is 4.43. The van der Waals surface area contributed by atoms with Gasteiger partial charge in [-0.05, 0) is 30.9 Å². The third-order valence-electron chi connectivity index (χ3n) is 6.23. The van der Waals surface area contributed by atoms with Crippen molar-refractivity contribution in [3.63, 3.8) is 0 Å². The molecule has 2 aromatic rings. The highest BCUT2D eigenvalue weighted by atomic mass is 28.2. The summed E-state index contributed by atoms with van der Waals surface area (Å²) in [5, 5.41) is 4.64. The molecule has 2 aliphatic heterocycles. The van der Waals surface area contributed by atoms with Crippen LogP contribution in [-0.4, -0.2) is 56.0 Å². The number of aromatic nitrogens is 2. The molecule has 0 N–H and O–H groups in total. The number of allylic oxidation sites excluding steroid dienone is 1. The summed E-state index contributed by atoms with van der Waals surface area (Å²) in [6.07, 6.45) is 8.77. The Morgan fingerprint density at radius 1 is 1.26 bits per heavy atom. The zero-order valence-corrected chi connectivity index (χ0v) is 21.8. The molecule has 0 spiro atoms. The van der Waals surface area contributed by atoms with Crippen LogP contribution in [-0.2, 0) is 11.3 Å². The molecular formula is C27H35N5OSi. The van der Waals surface area contributed by atoms with Crippen molar-refractivity contribution in [3.8, 4) is 0 Å². The van der Waals surface area contributed by atoms with E-state index in [0.717, 1.165) is 67.3 Å². The third-order valence-corrected chi connectivity index (χ3v) is 7.22. The van der Waals surface area contributed by atoms with Crippen molar-refractivity contribution >= 4 is 21.6 Å². The van der Waals surface area contributed by atoms with E-state index < -0.39 is 0 Å².